The van der Waals surface area contributed by atoms with Crippen LogP contribution in [0, 0.1) is 5.82 Å². The lowest BCUT2D eigenvalue weighted by atomic mass is 10.2. The average Bonchev–Trinajstić information content (AvgIpc) is 2.44. The Labute approximate surface area is 124 Å². The topological polar surface area (TPSA) is 54.0 Å². The second kappa shape index (κ2) is 6.47. The lowest BCUT2D eigenvalue weighted by Gasteiger charge is -2.09. The van der Waals surface area contributed by atoms with E-state index in [1.54, 1.807) is 24.3 Å². The van der Waals surface area contributed by atoms with Crippen LogP contribution in [0.5, 0.6) is 0 Å². The fourth-order valence-electron chi connectivity index (χ4n) is 1.64. The van der Waals surface area contributed by atoms with E-state index in [0.29, 0.717) is 12.2 Å². The molecule has 0 atom stereocenters. The SMILES string of the molecule is CCNc1nccc(C(=O)Nc2ccc(Br)cc2)c1F. The van der Waals surface area contributed by atoms with E-state index < -0.39 is 11.7 Å². The van der Waals surface area contributed by atoms with Crippen LogP contribution in [0.25, 0.3) is 0 Å². The number of nitrogens with zero attached hydrogens (tertiary/aromatic N) is 1. The molecule has 0 unspecified atom stereocenters. The van der Waals surface area contributed by atoms with Crippen LogP contribution in [0.3, 0.4) is 0 Å². The Morgan fingerprint density at radius 1 is 1.30 bits per heavy atom. The van der Waals surface area contributed by atoms with Gasteiger partial charge in [0, 0.05) is 22.9 Å². The zero-order chi connectivity index (χ0) is 14.5. The predicted octanol–water partition coefficient (Wildman–Crippen LogP) is 3.67. The van der Waals surface area contributed by atoms with Gasteiger partial charge in [-0.2, -0.15) is 0 Å². The van der Waals surface area contributed by atoms with Crippen molar-refractivity contribution in [2.24, 2.45) is 0 Å². The maximum Gasteiger partial charge on any atom is 0.258 e. The van der Waals surface area contributed by atoms with Crippen LogP contribution in [0.1, 0.15) is 17.3 Å². The van der Waals surface area contributed by atoms with Crippen molar-refractivity contribution < 1.29 is 9.18 Å². The van der Waals surface area contributed by atoms with Gasteiger partial charge in [0.25, 0.3) is 5.91 Å². The molecule has 0 aliphatic heterocycles. The van der Waals surface area contributed by atoms with E-state index >= 15 is 0 Å². The highest BCUT2D eigenvalue weighted by Gasteiger charge is 2.15. The van der Waals surface area contributed by atoms with Gasteiger partial charge in [0.2, 0.25) is 0 Å². The highest BCUT2D eigenvalue weighted by Crippen LogP contribution is 2.18. The molecule has 0 saturated carbocycles. The third-order valence-corrected chi connectivity index (χ3v) is 3.11. The summed E-state index contributed by atoms with van der Waals surface area (Å²) >= 11 is 3.31. The summed E-state index contributed by atoms with van der Waals surface area (Å²) in [6.07, 6.45) is 1.40. The standard InChI is InChI=1S/C14H13BrFN3O/c1-2-17-13-12(16)11(7-8-18-13)14(20)19-10-5-3-9(15)4-6-10/h3-8H,2H2,1H3,(H,17,18)(H,19,20). The van der Waals surface area contributed by atoms with Crippen molar-refractivity contribution in [3.63, 3.8) is 0 Å². The first-order chi connectivity index (χ1) is 9.61. The number of carbonyl (C=O) groups is 1. The molecule has 0 aliphatic rings. The summed E-state index contributed by atoms with van der Waals surface area (Å²) in [4.78, 5) is 15.9. The molecule has 0 aliphatic carbocycles. The maximum atomic E-state index is 14.1. The summed E-state index contributed by atoms with van der Waals surface area (Å²) in [6, 6.07) is 8.40. The van der Waals surface area contributed by atoms with Crippen LogP contribution < -0.4 is 10.6 Å². The van der Waals surface area contributed by atoms with Crippen molar-refractivity contribution in [2.75, 3.05) is 17.2 Å². The average molecular weight is 338 g/mol. The molecule has 2 aromatic rings. The molecule has 0 saturated heterocycles. The number of carbonyl (C=O) groups excluding carboxylic acids is 1. The first-order valence-corrected chi connectivity index (χ1v) is 6.86. The van der Waals surface area contributed by atoms with Gasteiger partial charge in [-0.15, -0.1) is 0 Å². The number of hydrogen-bond donors (Lipinski definition) is 2. The number of benzene rings is 1. The summed E-state index contributed by atoms with van der Waals surface area (Å²) in [5.41, 5.74) is 0.554. The molecule has 4 nitrogen and oxygen atoms in total. The minimum Gasteiger partial charge on any atom is -0.368 e. The zero-order valence-corrected chi connectivity index (χ0v) is 12.4. The summed E-state index contributed by atoms with van der Waals surface area (Å²) in [6.45, 7) is 2.36. The predicted molar refractivity (Wildman–Crippen MR) is 80.5 cm³/mol. The van der Waals surface area contributed by atoms with E-state index in [-0.39, 0.29) is 11.4 Å². The van der Waals surface area contributed by atoms with Gasteiger partial charge in [-0.25, -0.2) is 9.37 Å². The molecule has 104 valence electrons. The number of pyridine rings is 1. The molecule has 1 aromatic heterocycles. The first kappa shape index (κ1) is 14.5. The smallest absolute Gasteiger partial charge is 0.258 e. The van der Waals surface area contributed by atoms with Crippen molar-refractivity contribution in [3.05, 3.63) is 52.4 Å². The van der Waals surface area contributed by atoms with Crippen LogP contribution in [0.4, 0.5) is 15.9 Å². The number of aromatic nitrogens is 1. The molecule has 0 fully saturated rings. The first-order valence-electron chi connectivity index (χ1n) is 6.07. The van der Waals surface area contributed by atoms with Crippen LogP contribution in [0.15, 0.2) is 41.0 Å². The number of hydrogen-bond acceptors (Lipinski definition) is 3. The quantitative estimate of drug-likeness (QED) is 0.894. The van der Waals surface area contributed by atoms with Crippen molar-refractivity contribution >= 4 is 33.3 Å². The fourth-order valence-corrected chi connectivity index (χ4v) is 1.91. The summed E-state index contributed by atoms with van der Waals surface area (Å²) in [5.74, 6) is -1.08. The molecule has 0 bridgehead atoms. The minimum atomic E-state index is -0.649. The van der Waals surface area contributed by atoms with Crippen LogP contribution in [0.2, 0.25) is 0 Å². The lowest BCUT2D eigenvalue weighted by molar-refractivity contribution is 0.102. The monoisotopic (exact) mass is 337 g/mol. The highest BCUT2D eigenvalue weighted by molar-refractivity contribution is 9.10. The largest absolute Gasteiger partial charge is 0.368 e. The fraction of sp³-hybridized carbons (Fsp3) is 0.143. The Bertz CT molecular complexity index is 616. The number of rotatable bonds is 4. The molecule has 1 aromatic carbocycles. The lowest BCUT2D eigenvalue weighted by Crippen LogP contribution is -2.15. The molecule has 0 spiro atoms. The molecule has 0 radical (unpaired) electrons. The Hall–Kier alpha value is -1.95. The van der Waals surface area contributed by atoms with E-state index in [9.17, 15) is 9.18 Å². The van der Waals surface area contributed by atoms with Gasteiger partial charge in [0.15, 0.2) is 11.6 Å². The van der Waals surface area contributed by atoms with Gasteiger partial charge in [-0.3, -0.25) is 4.79 Å². The van der Waals surface area contributed by atoms with Gasteiger partial charge < -0.3 is 10.6 Å². The van der Waals surface area contributed by atoms with Crippen molar-refractivity contribution in [1.82, 2.24) is 4.98 Å². The van der Waals surface area contributed by atoms with E-state index in [2.05, 4.69) is 31.5 Å². The van der Waals surface area contributed by atoms with Crippen LogP contribution in [-0.4, -0.2) is 17.4 Å². The molecule has 2 rings (SSSR count). The van der Waals surface area contributed by atoms with Gasteiger partial charge in [-0.1, -0.05) is 15.9 Å². The number of nitrogens with one attached hydrogen (secondary N) is 2. The molecule has 2 N–H and O–H groups in total. The molecular weight excluding hydrogens is 325 g/mol. The Balaban J connectivity index is 2.21. The van der Waals surface area contributed by atoms with Crippen molar-refractivity contribution in [1.29, 1.82) is 0 Å². The van der Waals surface area contributed by atoms with E-state index in [1.807, 2.05) is 6.92 Å². The number of anilines is 2. The van der Waals surface area contributed by atoms with Gasteiger partial charge >= 0.3 is 0 Å². The van der Waals surface area contributed by atoms with Gasteiger partial charge in [0.1, 0.15) is 0 Å². The number of amides is 1. The summed E-state index contributed by atoms with van der Waals surface area (Å²) in [5, 5.41) is 5.41. The number of halogens is 2. The highest BCUT2D eigenvalue weighted by atomic mass is 79.9. The molecular formula is C14H13BrFN3O. The van der Waals surface area contributed by atoms with Gasteiger partial charge in [0.05, 0.1) is 5.56 Å². The maximum absolute atomic E-state index is 14.1. The van der Waals surface area contributed by atoms with Crippen molar-refractivity contribution in [2.45, 2.75) is 6.92 Å². The van der Waals surface area contributed by atoms with Crippen LogP contribution in [-0.2, 0) is 0 Å². The normalized spacial score (nSPS) is 10.2. The summed E-state index contributed by atoms with van der Waals surface area (Å²) < 4.78 is 15.0. The van der Waals surface area contributed by atoms with E-state index in [4.69, 9.17) is 0 Å². The van der Waals surface area contributed by atoms with Crippen LogP contribution >= 0.6 is 15.9 Å². The summed E-state index contributed by atoms with van der Waals surface area (Å²) in [7, 11) is 0. The van der Waals surface area contributed by atoms with Crippen molar-refractivity contribution in [3.8, 4) is 0 Å². The Morgan fingerprint density at radius 3 is 2.65 bits per heavy atom. The Kier molecular flexibility index (Phi) is 4.68. The zero-order valence-electron chi connectivity index (χ0n) is 10.8. The molecule has 1 heterocycles. The second-order valence-corrected chi connectivity index (χ2v) is 4.93. The molecule has 20 heavy (non-hydrogen) atoms. The van der Waals surface area contributed by atoms with Gasteiger partial charge in [-0.05, 0) is 37.3 Å². The Morgan fingerprint density at radius 2 is 2.00 bits per heavy atom. The molecule has 1 amide bonds. The third kappa shape index (κ3) is 3.33. The third-order valence-electron chi connectivity index (χ3n) is 2.58. The second-order valence-electron chi connectivity index (χ2n) is 4.01. The van der Waals surface area contributed by atoms with E-state index in [0.717, 1.165) is 4.47 Å². The van der Waals surface area contributed by atoms with E-state index in [1.165, 1.54) is 12.3 Å². The molecule has 6 heteroatoms. The minimum absolute atomic E-state index is 0.0427.